The van der Waals surface area contributed by atoms with Gasteiger partial charge in [0.1, 0.15) is 0 Å². The molecule has 0 saturated carbocycles. The van der Waals surface area contributed by atoms with E-state index in [2.05, 4.69) is 46.8 Å². The van der Waals surface area contributed by atoms with E-state index >= 15 is 0 Å². The SMILES string of the molecule is CC(C)=CC1CC(C)C(C=C(C)C)O1. The van der Waals surface area contributed by atoms with Gasteiger partial charge in [0, 0.05) is 0 Å². The van der Waals surface area contributed by atoms with Gasteiger partial charge in [-0.3, -0.25) is 0 Å². The summed E-state index contributed by atoms with van der Waals surface area (Å²) >= 11 is 0. The van der Waals surface area contributed by atoms with Crippen LogP contribution in [0.15, 0.2) is 23.3 Å². The van der Waals surface area contributed by atoms with Crippen LogP contribution >= 0.6 is 0 Å². The first kappa shape index (κ1) is 11.5. The van der Waals surface area contributed by atoms with Gasteiger partial charge in [-0.2, -0.15) is 0 Å². The van der Waals surface area contributed by atoms with E-state index in [0.717, 1.165) is 6.42 Å². The summed E-state index contributed by atoms with van der Waals surface area (Å²) in [7, 11) is 0. The number of hydrogen-bond donors (Lipinski definition) is 0. The lowest BCUT2D eigenvalue weighted by Crippen LogP contribution is -2.10. The molecule has 1 fully saturated rings. The predicted molar refractivity (Wildman–Crippen MR) is 61.3 cm³/mol. The first-order valence-electron chi connectivity index (χ1n) is 5.44. The predicted octanol–water partition coefficient (Wildman–Crippen LogP) is 3.71. The van der Waals surface area contributed by atoms with Crippen molar-refractivity contribution in [1.82, 2.24) is 0 Å². The molecule has 14 heavy (non-hydrogen) atoms. The van der Waals surface area contributed by atoms with Crippen molar-refractivity contribution in [3.8, 4) is 0 Å². The summed E-state index contributed by atoms with van der Waals surface area (Å²) < 4.78 is 5.94. The Morgan fingerprint density at radius 3 is 2.14 bits per heavy atom. The average molecular weight is 194 g/mol. The Labute approximate surface area is 87.8 Å². The molecule has 1 rings (SSSR count). The van der Waals surface area contributed by atoms with Gasteiger partial charge in [0.15, 0.2) is 0 Å². The lowest BCUT2D eigenvalue weighted by Gasteiger charge is -2.10. The highest BCUT2D eigenvalue weighted by atomic mass is 16.5. The molecule has 1 nitrogen and oxygen atoms in total. The molecular formula is C13H22O. The minimum Gasteiger partial charge on any atom is -0.367 e. The fourth-order valence-electron chi connectivity index (χ4n) is 1.90. The van der Waals surface area contributed by atoms with Gasteiger partial charge in [0.25, 0.3) is 0 Å². The first-order chi connectivity index (χ1) is 6.49. The zero-order valence-corrected chi connectivity index (χ0v) is 10.0. The van der Waals surface area contributed by atoms with E-state index in [1.54, 1.807) is 0 Å². The first-order valence-corrected chi connectivity index (χ1v) is 5.44. The van der Waals surface area contributed by atoms with Crippen molar-refractivity contribution in [1.29, 1.82) is 0 Å². The summed E-state index contributed by atoms with van der Waals surface area (Å²) in [6.45, 7) is 10.8. The summed E-state index contributed by atoms with van der Waals surface area (Å²) in [5, 5.41) is 0. The highest BCUT2D eigenvalue weighted by Gasteiger charge is 2.28. The highest BCUT2D eigenvalue weighted by molar-refractivity contribution is 5.07. The van der Waals surface area contributed by atoms with Crippen molar-refractivity contribution in [3.63, 3.8) is 0 Å². The molecule has 0 spiro atoms. The van der Waals surface area contributed by atoms with E-state index in [-0.39, 0.29) is 0 Å². The van der Waals surface area contributed by atoms with Crippen molar-refractivity contribution in [2.45, 2.75) is 53.2 Å². The Kier molecular flexibility index (Phi) is 3.94. The van der Waals surface area contributed by atoms with Crippen molar-refractivity contribution in [3.05, 3.63) is 23.3 Å². The molecule has 1 saturated heterocycles. The Balaban J connectivity index is 2.60. The molecule has 1 aliphatic rings. The molecular weight excluding hydrogens is 172 g/mol. The van der Waals surface area contributed by atoms with E-state index in [1.165, 1.54) is 11.1 Å². The second-order valence-electron chi connectivity index (χ2n) is 4.84. The Morgan fingerprint density at radius 2 is 1.64 bits per heavy atom. The van der Waals surface area contributed by atoms with Gasteiger partial charge in [-0.25, -0.2) is 0 Å². The molecule has 0 aliphatic carbocycles. The van der Waals surface area contributed by atoms with E-state index in [1.807, 2.05) is 0 Å². The summed E-state index contributed by atoms with van der Waals surface area (Å²) in [5.41, 5.74) is 2.69. The molecule has 0 bridgehead atoms. The van der Waals surface area contributed by atoms with Crippen LogP contribution in [0.1, 0.15) is 41.0 Å². The molecule has 0 radical (unpaired) electrons. The largest absolute Gasteiger partial charge is 0.367 e. The summed E-state index contributed by atoms with van der Waals surface area (Å²) in [5.74, 6) is 0.644. The van der Waals surface area contributed by atoms with E-state index in [9.17, 15) is 0 Å². The van der Waals surface area contributed by atoms with Crippen LogP contribution in [0.25, 0.3) is 0 Å². The number of rotatable bonds is 2. The zero-order valence-electron chi connectivity index (χ0n) is 10.0. The monoisotopic (exact) mass is 194 g/mol. The van der Waals surface area contributed by atoms with Crippen LogP contribution in [0, 0.1) is 5.92 Å². The van der Waals surface area contributed by atoms with Crippen LogP contribution in [0.2, 0.25) is 0 Å². The lowest BCUT2D eigenvalue weighted by atomic mass is 10.00. The van der Waals surface area contributed by atoms with Gasteiger partial charge in [0.2, 0.25) is 0 Å². The molecule has 0 aromatic carbocycles. The average Bonchev–Trinajstić information content (AvgIpc) is 2.28. The number of allylic oxidation sites excluding steroid dienone is 2. The van der Waals surface area contributed by atoms with Gasteiger partial charge in [-0.1, -0.05) is 30.2 Å². The molecule has 0 N–H and O–H groups in total. The maximum atomic E-state index is 5.94. The summed E-state index contributed by atoms with van der Waals surface area (Å²) in [6.07, 6.45) is 6.27. The Bertz CT molecular complexity index is 242. The van der Waals surface area contributed by atoms with Gasteiger partial charge in [-0.15, -0.1) is 0 Å². The second-order valence-corrected chi connectivity index (χ2v) is 4.84. The van der Waals surface area contributed by atoms with Crippen LogP contribution in [0.4, 0.5) is 0 Å². The summed E-state index contributed by atoms with van der Waals surface area (Å²) in [6, 6.07) is 0. The zero-order chi connectivity index (χ0) is 10.7. The number of ether oxygens (including phenoxy) is 1. The number of hydrogen-bond acceptors (Lipinski definition) is 1. The van der Waals surface area contributed by atoms with Crippen LogP contribution < -0.4 is 0 Å². The molecule has 1 aliphatic heterocycles. The fraction of sp³-hybridized carbons (Fsp3) is 0.692. The molecule has 1 heteroatoms. The van der Waals surface area contributed by atoms with E-state index < -0.39 is 0 Å². The van der Waals surface area contributed by atoms with E-state index in [0.29, 0.717) is 18.1 Å². The van der Waals surface area contributed by atoms with Gasteiger partial charge < -0.3 is 4.74 Å². The Hall–Kier alpha value is -0.560. The maximum absolute atomic E-state index is 5.94. The van der Waals surface area contributed by atoms with Crippen molar-refractivity contribution in [2.75, 3.05) is 0 Å². The molecule has 80 valence electrons. The van der Waals surface area contributed by atoms with Crippen LogP contribution in [-0.2, 0) is 4.74 Å². The van der Waals surface area contributed by atoms with Crippen molar-refractivity contribution >= 4 is 0 Å². The lowest BCUT2D eigenvalue weighted by molar-refractivity contribution is 0.0902. The van der Waals surface area contributed by atoms with Gasteiger partial charge in [0.05, 0.1) is 12.2 Å². The second kappa shape index (κ2) is 4.79. The molecule has 1 heterocycles. The van der Waals surface area contributed by atoms with E-state index in [4.69, 9.17) is 4.74 Å². The normalized spacial score (nSPS) is 31.4. The van der Waals surface area contributed by atoms with Crippen LogP contribution in [-0.4, -0.2) is 12.2 Å². The Morgan fingerprint density at radius 1 is 1.07 bits per heavy atom. The maximum Gasteiger partial charge on any atom is 0.0792 e. The molecule has 3 atom stereocenters. The third-order valence-corrected chi connectivity index (χ3v) is 2.51. The standard InChI is InChI=1S/C13H22O/c1-9(2)6-12-8-11(5)13(14-12)7-10(3)4/h6-7,11-13H,8H2,1-5H3. The minimum absolute atomic E-state index is 0.320. The molecule has 3 unspecified atom stereocenters. The highest BCUT2D eigenvalue weighted by Crippen LogP contribution is 2.28. The topological polar surface area (TPSA) is 9.23 Å². The van der Waals surface area contributed by atoms with Gasteiger partial charge in [-0.05, 0) is 40.0 Å². The van der Waals surface area contributed by atoms with Gasteiger partial charge >= 0.3 is 0 Å². The quantitative estimate of drug-likeness (QED) is 0.609. The molecule has 0 aromatic heterocycles. The molecule has 0 aromatic rings. The molecule has 0 amide bonds. The minimum atomic E-state index is 0.320. The third-order valence-electron chi connectivity index (χ3n) is 2.51. The summed E-state index contributed by atoms with van der Waals surface area (Å²) in [4.78, 5) is 0. The van der Waals surface area contributed by atoms with Crippen molar-refractivity contribution < 1.29 is 4.74 Å². The fourth-order valence-corrected chi connectivity index (χ4v) is 1.90. The van der Waals surface area contributed by atoms with Crippen LogP contribution in [0.3, 0.4) is 0 Å². The third kappa shape index (κ3) is 3.30. The smallest absolute Gasteiger partial charge is 0.0792 e. The van der Waals surface area contributed by atoms with Crippen LogP contribution in [0.5, 0.6) is 0 Å². The van der Waals surface area contributed by atoms with Crippen molar-refractivity contribution in [2.24, 2.45) is 5.92 Å².